The fourth-order valence-electron chi connectivity index (χ4n) is 3.10. The highest BCUT2D eigenvalue weighted by molar-refractivity contribution is 5.96. The van der Waals surface area contributed by atoms with Crippen LogP contribution in [0.3, 0.4) is 0 Å². The second-order valence-corrected chi connectivity index (χ2v) is 6.50. The first-order valence-corrected chi connectivity index (χ1v) is 8.82. The Morgan fingerprint density at radius 3 is 2.61 bits per heavy atom. The highest BCUT2D eigenvalue weighted by Gasteiger charge is 2.18. The maximum Gasteiger partial charge on any atom is 0.240 e. The molecule has 0 bridgehead atoms. The molecule has 0 aliphatic rings. The first-order valence-electron chi connectivity index (χ1n) is 8.82. The first-order chi connectivity index (χ1) is 13.7. The Balaban J connectivity index is 1.64. The summed E-state index contributed by atoms with van der Waals surface area (Å²) in [6, 6.07) is 15.4. The van der Waals surface area contributed by atoms with Crippen molar-refractivity contribution in [1.29, 1.82) is 0 Å². The lowest BCUT2D eigenvalue weighted by Crippen LogP contribution is -2.04. The van der Waals surface area contributed by atoms with Gasteiger partial charge in [0.25, 0.3) is 0 Å². The number of rotatable bonds is 4. The van der Waals surface area contributed by atoms with Gasteiger partial charge >= 0.3 is 0 Å². The van der Waals surface area contributed by atoms with Gasteiger partial charge in [-0.3, -0.25) is 4.98 Å². The summed E-state index contributed by atoms with van der Waals surface area (Å²) in [7, 11) is 0. The number of aryl methyl sites for hydroxylation is 2. The van der Waals surface area contributed by atoms with Crippen molar-refractivity contribution in [3.8, 4) is 17.5 Å². The molecule has 28 heavy (non-hydrogen) atoms. The van der Waals surface area contributed by atoms with E-state index in [1.807, 2.05) is 56.3 Å². The fraction of sp³-hybridized carbons (Fsp3) is 0.150. The van der Waals surface area contributed by atoms with E-state index in [2.05, 4.69) is 25.4 Å². The summed E-state index contributed by atoms with van der Waals surface area (Å²) in [5, 5.41) is 18.9. The Kier molecular flexibility index (Phi) is 3.75. The maximum absolute atomic E-state index is 6.04. The predicted octanol–water partition coefficient (Wildman–Crippen LogP) is 3.52. The first kappa shape index (κ1) is 16.4. The monoisotopic (exact) mass is 372 g/mol. The number of pyridine rings is 1. The maximum atomic E-state index is 6.04. The van der Waals surface area contributed by atoms with Gasteiger partial charge in [0.1, 0.15) is 6.61 Å². The molecule has 8 heteroatoms. The lowest BCUT2D eigenvalue weighted by Gasteiger charge is -2.09. The van der Waals surface area contributed by atoms with Crippen molar-refractivity contribution in [3.63, 3.8) is 0 Å². The van der Waals surface area contributed by atoms with Crippen LogP contribution in [0.4, 0.5) is 0 Å². The molecule has 138 valence electrons. The molecule has 0 radical (unpaired) electrons. The van der Waals surface area contributed by atoms with Crippen LogP contribution in [0.5, 0.6) is 5.88 Å². The largest absolute Gasteiger partial charge is 0.470 e. The smallest absolute Gasteiger partial charge is 0.240 e. The van der Waals surface area contributed by atoms with Gasteiger partial charge in [-0.1, -0.05) is 29.4 Å². The average molecular weight is 372 g/mol. The summed E-state index contributed by atoms with van der Waals surface area (Å²) in [6.07, 6.45) is 0. The molecule has 1 aromatic carbocycles. The van der Waals surface area contributed by atoms with Gasteiger partial charge in [-0.15, -0.1) is 15.3 Å². The SMILES string of the molecule is Cc1cc(-c2nnc3c4ccccc4c(OCc4cccc(C)n4)nn23)on1. The molecule has 0 fully saturated rings. The highest BCUT2D eigenvalue weighted by Crippen LogP contribution is 2.29. The number of aromatic nitrogens is 6. The summed E-state index contributed by atoms with van der Waals surface area (Å²) in [4.78, 5) is 4.48. The highest BCUT2D eigenvalue weighted by atomic mass is 16.5. The van der Waals surface area contributed by atoms with E-state index in [1.165, 1.54) is 0 Å². The molecule has 0 amide bonds. The van der Waals surface area contributed by atoms with Gasteiger partial charge in [-0.05, 0) is 32.0 Å². The van der Waals surface area contributed by atoms with Crippen LogP contribution in [-0.2, 0) is 6.61 Å². The van der Waals surface area contributed by atoms with Gasteiger partial charge in [0.2, 0.25) is 17.5 Å². The molecule has 0 N–H and O–H groups in total. The minimum absolute atomic E-state index is 0.309. The van der Waals surface area contributed by atoms with Crippen molar-refractivity contribution in [2.75, 3.05) is 0 Å². The van der Waals surface area contributed by atoms with Crippen LogP contribution in [0, 0.1) is 13.8 Å². The van der Waals surface area contributed by atoms with Crippen LogP contribution in [0.25, 0.3) is 28.0 Å². The van der Waals surface area contributed by atoms with Crippen molar-refractivity contribution >= 4 is 16.4 Å². The van der Waals surface area contributed by atoms with E-state index in [0.717, 1.165) is 27.9 Å². The minimum atomic E-state index is 0.309. The number of benzene rings is 1. The van der Waals surface area contributed by atoms with Gasteiger partial charge in [0.15, 0.2) is 5.65 Å². The summed E-state index contributed by atoms with van der Waals surface area (Å²) >= 11 is 0. The van der Waals surface area contributed by atoms with Gasteiger partial charge in [0.05, 0.1) is 11.4 Å². The van der Waals surface area contributed by atoms with Crippen LogP contribution >= 0.6 is 0 Å². The van der Waals surface area contributed by atoms with Crippen LogP contribution < -0.4 is 4.74 Å². The van der Waals surface area contributed by atoms with E-state index in [0.29, 0.717) is 29.7 Å². The zero-order valence-electron chi connectivity index (χ0n) is 15.3. The second kappa shape index (κ2) is 6.41. The summed E-state index contributed by atoms with van der Waals surface area (Å²) < 4.78 is 13.0. The Bertz CT molecular complexity index is 1310. The summed E-state index contributed by atoms with van der Waals surface area (Å²) in [5.74, 6) is 1.45. The van der Waals surface area contributed by atoms with E-state index < -0.39 is 0 Å². The van der Waals surface area contributed by atoms with E-state index in [4.69, 9.17) is 9.26 Å². The normalized spacial score (nSPS) is 11.4. The van der Waals surface area contributed by atoms with Crippen molar-refractivity contribution in [1.82, 2.24) is 30.0 Å². The van der Waals surface area contributed by atoms with Gasteiger partial charge in [0, 0.05) is 22.5 Å². The molecule has 0 saturated carbocycles. The molecule has 4 heterocycles. The predicted molar refractivity (Wildman–Crippen MR) is 102 cm³/mol. The Morgan fingerprint density at radius 2 is 1.82 bits per heavy atom. The summed E-state index contributed by atoms with van der Waals surface area (Å²) in [5.41, 5.74) is 3.16. The quantitative estimate of drug-likeness (QED) is 0.476. The Hall–Kier alpha value is -3.81. The van der Waals surface area contributed by atoms with E-state index in [1.54, 1.807) is 10.6 Å². The third kappa shape index (κ3) is 2.75. The number of ether oxygens (including phenoxy) is 1. The van der Waals surface area contributed by atoms with E-state index in [-0.39, 0.29) is 0 Å². The van der Waals surface area contributed by atoms with Crippen LogP contribution in [0.15, 0.2) is 53.1 Å². The number of nitrogens with zero attached hydrogens (tertiary/aromatic N) is 6. The zero-order valence-corrected chi connectivity index (χ0v) is 15.3. The Morgan fingerprint density at radius 1 is 0.964 bits per heavy atom. The molecule has 0 atom stereocenters. The molecule has 0 aliphatic carbocycles. The average Bonchev–Trinajstić information content (AvgIpc) is 3.32. The van der Waals surface area contributed by atoms with Gasteiger partial charge in [-0.25, -0.2) is 0 Å². The molecule has 0 spiro atoms. The van der Waals surface area contributed by atoms with Crippen molar-refractivity contribution in [3.05, 3.63) is 65.6 Å². The summed E-state index contributed by atoms with van der Waals surface area (Å²) in [6.45, 7) is 4.11. The second-order valence-electron chi connectivity index (χ2n) is 6.50. The zero-order chi connectivity index (χ0) is 19.1. The molecule has 0 aliphatic heterocycles. The standard InChI is InChI=1S/C20H16N6O2/c1-12-6-5-7-14(21-12)11-27-20-16-9-4-3-8-15(16)18-22-23-19(26(18)24-20)17-10-13(2)25-28-17/h3-10H,11H2,1-2H3. The number of hydrogen-bond donors (Lipinski definition) is 0. The number of fused-ring (bicyclic) bond motifs is 3. The topological polar surface area (TPSA) is 91.2 Å². The van der Waals surface area contributed by atoms with Gasteiger partial charge < -0.3 is 9.26 Å². The van der Waals surface area contributed by atoms with Crippen molar-refractivity contribution < 1.29 is 9.26 Å². The lowest BCUT2D eigenvalue weighted by molar-refractivity contribution is 0.288. The van der Waals surface area contributed by atoms with Gasteiger partial charge in [-0.2, -0.15) is 4.52 Å². The molecule has 4 aromatic heterocycles. The minimum Gasteiger partial charge on any atom is -0.470 e. The van der Waals surface area contributed by atoms with Crippen molar-refractivity contribution in [2.45, 2.75) is 20.5 Å². The fourth-order valence-corrected chi connectivity index (χ4v) is 3.10. The van der Waals surface area contributed by atoms with Crippen LogP contribution in [0.2, 0.25) is 0 Å². The lowest BCUT2D eigenvalue weighted by atomic mass is 10.2. The molecule has 5 aromatic rings. The Labute approximate surface area is 159 Å². The molecular weight excluding hydrogens is 356 g/mol. The van der Waals surface area contributed by atoms with Crippen molar-refractivity contribution in [2.24, 2.45) is 0 Å². The molecular formula is C20H16N6O2. The number of hydrogen-bond acceptors (Lipinski definition) is 7. The molecule has 5 rings (SSSR count). The third-order valence-electron chi connectivity index (χ3n) is 4.38. The van der Waals surface area contributed by atoms with Crippen LogP contribution in [-0.4, -0.2) is 30.0 Å². The van der Waals surface area contributed by atoms with Crippen LogP contribution in [0.1, 0.15) is 17.1 Å². The molecule has 0 saturated heterocycles. The third-order valence-corrected chi connectivity index (χ3v) is 4.38. The van der Waals surface area contributed by atoms with E-state index >= 15 is 0 Å². The molecule has 0 unspecified atom stereocenters. The molecule has 8 nitrogen and oxygen atoms in total. The van der Waals surface area contributed by atoms with E-state index in [9.17, 15) is 0 Å².